The number of phenolic OH excluding ortho intramolecular Hbond substituents is 1. The van der Waals surface area contributed by atoms with Gasteiger partial charge in [-0.05, 0) is 31.9 Å². The summed E-state index contributed by atoms with van der Waals surface area (Å²) in [6, 6.07) is 4.73. The van der Waals surface area contributed by atoms with E-state index in [4.69, 9.17) is 10.9 Å². The van der Waals surface area contributed by atoms with Crippen molar-refractivity contribution in [2.45, 2.75) is 39.2 Å². The number of benzene rings is 1. The molecule has 0 bridgehead atoms. The Morgan fingerprint density at radius 3 is 2.50 bits per heavy atom. The predicted molar refractivity (Wildman–Crippen MR) is 77.0 cm³/mol. The summed E-state index contributed by atoms with van der Waals surface area (Å²) in [5.74, 6) is -0.345. The van der Waals surface area contributed by atoms with Gasteiger partial charge in [0.25, 0.3) is 5.91 Å². The minimum absolute atomic E-state index is 0.0337. The topological polar surface area (TPSA) is 108 Å². The van der Waals surface area contributed by atoms with Crippen LogP contribution in [0.5, 0.6) is 5.75 Å². The molecule has 1 amide bonds. The zero-order valence-electron chi connectivity index (χ0n) is 12.0. The molecule has 0 heterocycles. The summed E-state index contributed by atoms with van der Waals surface area (Å²) in [7, 11) is 0. The summed E-state index contributed by atoms with van der Waals surface area (Å²) >= 11 is 0. The van der Waals surface area contributed by atoms with Gasteiger partial charge < -0.3 is 21.4 Å². The van der Waals surface area contributed by atoms with Gasteiger partial charge in [-0.15, -0.1) is 0 Å². The molecule has 0 aromatic heterocycles. The molecule has 0 aliphatic heterocycles. The van der Waals surface area contributed by atoms with Crippen molar-refractivity contribution in [1.82, 2.24) is 5.32 Å². The van der Waals surface area contributed by atoms with E-state index in [-0.39, 0.29) is 17.5 Å². The van der Waals surface area contributed by atoms with Gasteiger partial charge in [0.05, 0.1) is 0 Å². The van der Waals surface area contributed by atoms with E-state index >= 15 is 0 Å². The Morgan fingerprint density at radius 2 is 2.00 bits per heavy atom. The highest BCUT2D eigenvalue weighted by atomic mass is 16.4. The number of oxime groups is 1. The number of amidine groups is 1. The molecule has 0 spiro atoms. The summed E-state index contributed by atoms with van der Waals surface area (Å²) < 4.78 is 0. The third kappa shape index (κ3) is 2.84. The second-order valence-corrected chi connectivity index (χ2v) is 4.68. The van der Waals surface area contributed by atoms with Crippen LogP contribution < -0.4 is 11.1 Å². The maximum Gasteiger partial charge on any atom is 0.252 e. The number of hydrogen-bond donors (Lipinski definition) is 4. The summed E-state index contributed by atoms with van der Waals surface area (Å²) in [5, 5.41) is 24.4. The van der Waals surface area contributed by atoms with Gasteiger partial charge in [0, 0.05) is 11.1 Å². The zero-order valence-corrected chi connectivity index (χ0v) is 12.0. The van der Waals surface area contributed by atoms with Crippen molar-refractivity contribution in [3.05, 3.63) is 29.3 Å². The molecular formula is C14H21N3O3. The van der Waals surface area contributed by atoms with Crippen molar-refractivity contribution in [3.63, 3.8) is 0 Å². The molecule has 0 unspecified atom stereocenters. The number of phenols is 1. The molecule has 1 rings (SSSR count). The lowest BCUT2D eigenvalue weighted by atomic mass is 9.90. The van der Waals surface area contributed by atoms with Gasteiger partial charge in [-0.2, -0.15) is 0 Å². The van der Waals surface area contributed by atoms with Crippen LogP contribution in [0.4, 0.5) is 0 Å². The fraction of sp³-hybridized carbons (Fsp3) is 0.429. The van der Waals surface area contributed by atoms with Crippen LogP contribution in [-0.4, -0.2) is 27.6 Å². The molecule has 1 aromatic rings. The molecule has 0 saturated carbocycles. The van der Waals surface area contributed by atoms with Crippen LogP contribution in [0.2, 0.25) is 0 Å². The van der Waals surface area contributed by atoms with E-state index in [2.05, 4.69) is 10.5 Å². The number of nitrogens with zero attached hydrogens (tertiary/aromatic N) is 1. The summed E-state index contributed by atoms with van der Waals surface area (Å²) in [4.78, 5) is 12.4. The SMILES string of the molecule is CCC(CC)(NC(=O)c1cccc(O)c1C)/C(N)=N/O. The van der Waals surface area contributed by atoms with E-state index in [0.717, 1.165) is 0 Å². The average Bonchev–Trinajstić information content (AvgIpc) is 2.46. The van der Waals surface area contributed by atoms with Crippen molar-refractivity contribution >= 4 is 11.7 Å². The maximum atomic E-state index is 12.4. The normalized spacial score (nSPS) is 12.2. The zero-order chi connectivity index (χ0) is 15.3. The van der Waals surface area contributed by atoms with Crippen molar-refractivity contribution in [1.29, 1.82) is 0 Å². The molecule has 0 aliphatic rings. The Morgan fingerprint density at radius 1 is 1.40 bits per heavy atom. The van der Waals surface area contributed by atoms with Crippen molar-refractivity contribution < 1.29 is 15.1 Å². The van der Waals surface area contributed by atoms with Gasteiger partial charge >= 0.3 is 0 Å². The van der Waals surface area contributed by atoms with E-state index in [1.807, 2.05) is 13.8 Å². The fourth-order valence-corrected chi connectivity index (χ4v) is 2.10. The molecule has 110 valence electrons. The highest BCUT2D eigenvalue weighted by molar-refractivity contribution is 6.01. The molecule has 0 atom stereocenters. The quantitative estimate of drug-likeness (QED) is 0.285. The third-order valence-electron chi connectivity index (χ3n) is 3.71. The molecule has 5 N–H and O–H groups in total. The Bertz CT molecular complexity index is 522. The lowest BCUT2D eigenvalue weighted by Gasteiger charge is -2.31. The van der Waals surface area contributed by atoms with E-state index in [1.165, 1.54) is 6.07 Å². The number of carbonyl (C=O) groups excluding carboxylic acids is 1. The van der Waals surface area contributed by atoms with Crippen molar-refractivity contribution in [2.24, 2.45) is 10.9 Å². The standard InChI is InChI=1S/C14H21N3O3/c1-4-14(5-2,13(15)17-20)16-12(19)10-7-6-8-11(18)9(10)3/h6-8,18,20H,4-5H2,1-3H3,(H2,15,17)(H,16,19). The smallest absolute Gasteiger partial charge is 0.252 e. The predicted octanol–water partition coefficient (Wildman–Crippen LogP) is 1.74. The Kier molecular flexibility index (Phi) is 4.96. The molecule has 20 heavy (non-hydrogen) atoms. The van der Waals surface area contributed by atoms with Crippen LogP contribution in [-0.2, 0) is 0 Å². The summed E-state index contributed by atoms with van der Waals surface area (Å²) in [6.07, 6.45) is 0.978. The van der Waals surface area contributed by atoms with E-state index < -0.39 is 5.54 Å². The van der Waals surface area contributed by atoms with Crippen LogP contribution in [0, 0.1) is 6.92 Å². The minimum atomic E-state index is -0.899. The highest BCUT2D eigenvalue weighted by Gasteiger charge is 2.33. The van der Waals surface area contributed by atoms with Gasteiger partial charge in [0.15, 0.2) is 5.84 Å². The largest absolute Gasteiger partial charge is 0.508 e. The minimum Gasteiger partial charge on any atom is -0.508 e. The second-order valence-electron chi connectivity index (χ2n) is 4.68. The lowest BCUT2D eigenvalue weighted by molar-refractivity contribution is 0.0916. The maximum absolute atomic E-state index is 12.4. The van der Waals surface area contributed by atoms with Crippen molar-refractivity contribution in [3.8, 4) is 5.75 Å². The van der Waals surface area contributed by atoms with Gasteiger partial charge in [-0.3, -0.25) is 4.79 Å². The first-order chi connectivity index (χ1) is 9.41. The average molecular weight is 279 g/mol. The second kappa shape index (κ2) is 6.27. The lowest BCUT2D eigenvalue weighted by Crippen LogP contribution is -2.57. The van der Waals surface area contributed by atoms with Crippen LogP contribution >= 0.6 is 0 Å². The molecule has 0 fully saturated rings. The Hall–Kier alpha value is -2.24. The number of amides is 1. The third-order valence-corrected chi connectivity index (χ3v) is 3.71. The van der Waals surface area contributed by atoms with Gasteiger partial charge in [0.2, 0.25) is 0 Å². The molecule has 6 heteroatoms. The van der Waals surface area contributed by atoms with Crippen LogP contribution in [0.25, 0.3) is 0 Å². The molecule has 0 aliphatic carbocycles. The van der Waals surface area contributed by atoms with E-state index in [9.17, 15) is 9.90 Å². The monoisotopic (exact) mass is 279 g/mol. The van der Waals surface area contributed by atoms with Gasteiger partial charge in [-0.25, -0.2) is 0 Å². The summed E-state index contributed by atoms with van der Waals surface area (Å²) in [5.41, 5.74) is 5.66. The Balaban J connectivity index is 3.12. The van der Waals surface area contributed by atoms with Gasteiger partial charge in [0.1, 0.15) is 11.3 Å². The fourth-order valence-electron chi connectivity index (χ4n) is 2.10. The number of nitrogens with one attached hydrogen (secondary N) is 1. The first kappa shape index (κ1) is 15.8. The van der Waals surface area contributed by atoms with Crippen LogP contribution in [0.1, 0.15) is 42.6 Å². The first-order valence-electron chi connectivity index (χ1n) is 6.51. The molecule has 0 saturated heterocycles. The van der Waals surface area contributed by atoms with Crippen LogP contribution in [0.15, 0.2) is 23.4 Å². The number of nitrogens with two attached hydrogens (primary N) is 1. The van der Waals surface area contributed by atoms with E-state index in [1.54, 1.807) is 19.1 Å². The number of carbonyl (C=O) groups is 1. The molecule has 6 nitrogen and oxygen atoms in total. The van der Waals surface area contributed by atoms with E-state index in [0.29, 0.717) is 24.0 Å². The summed E-state index contributed by atoms with van der Waals surface area (Å²) in [6.45, 7) is 5.35. The molecular weight excluding hydrogens is 258 g/mol. The van der Waals surface area contributed by atoms with Crippen LogP contribution in [0.3, 0.4) is 0 Å². The molecule has 1 aromatic carbocycles. The van der Waals surface area contributed by atoms with Crippen molar-refractivity contribution in [2.75, 3.05) is 0 Å². The number of hydrogen-bond acceptors (Lipinski definition) is 4. The number of aromatic hydroxyl groups is 1. The van der Waals surface area contributed by atoms with Gasteiger partial charge in [-0.1, -0.05) is 25.1 Å². The first-order valence-corrected chi connectivity index (χ1v) is 6.51. The Labute approximate surface area is 118 Å². The highest BCUT2D eigenvalue weighted by Crippen LogP contribution is 2.22. The number of rotatable bonds is 5. The molecule has 0 radical (unpaired) electrons.